The summed E-state index contributed by atoms with van der Waals surface area (Å²) < 4.78 is 11.1. The lowest BCUT2D eigenvalue weighted by molar-refractivity contribution is -0.146. The molecule has 3 rings (SSSR count). The van der Waals surface area contributed by atoms with E-state index in [2.05, 4.69) is 9.97 Å². The Hall–Kier alpha value is -1.53. The zero-order valence-electron chi connectivity index (χ0n) is 12.3. The molecule has 6 nitrogen and oxygen atoms in total. The second-order valence-electron chi connectivity index (χ2n) is 5.56. The van der Waals surface area contributed by atoms with Crippen molar-refractivity contribution in [2.45, 2.75) is 25.9 Å². The molecule has 0 bridgehead atoms. The van der Waals surface area contributed by atoms with Crippen molar-refractivity contribution < 1.29 is 14.3 Å². The van der Waals surface area contributed by atoms with Crippen LogP contribution in [0.3, 0.4) is 0 Å². The van der Waals surface area contributed by atoms with E-state index in [1.165, 1.54) is 0 Å². The number of ether oxygens (including phenoxy) is 2. The molecule has 1 amide bonds. The van der Waals surface area contributed by atoms with Crippen molar-refractivity contribution in [1.29, 1.82) is 0 Å². The van der Waals surface area contributed by atoms with Gasteiger partial charge in [-0.25, -0.2) is 9.97 Å². The van der Waals surface area contributed by atoms with Crippen molar-refractivity contribution in [3.8, 4) is 0 Å². The maximum atomic E-state index is 12.6. The van der Waals surface area contributed by atoms with Crippen LogP contribution in [0.4, 0.5) is 0 Å². The molecule has 0 unspecified atom stereocenters. The van der Waals surface area contributed by atoms with Gasteiger partial charge in [0.15, 0.2) is 0 Å². The van der Waals surface area contributed by atoms with Crippen LogP contribution in [0.5, 0.6) is 0 Å². The van der Waals surface area contributed by atoms with E-state index in [9.17, 15) is 4.79 Å². The Balaban J connectivity index is 1.66. The van der Waals surface area contributed by atoms with Gasteiger partial charge in [-0.05, 0) is 25.8 Å². The largest absolute Gasteiger partial charge is 0.381 e. The van der Waals surface area contributed by atoms with Gasteiger partial charge in [0.25, 0.3) is 0 Å². The molecule has 3 heterocycles. The van der Waals surface area contributed by atoms with Crippen LogP contribution in [0.15, 0.2) is 12.3 Å². The molecule has 2 aliphatic rings. The topological polar surface area (TPSA) is 64.6 Å². The van der Waals surface area contributed by atoms with Gasteiger partial charge in [-0.3, -0.25) is 4.79 Å². The molecule has 0 spiro atoms. The smallest absolute Gasteiger partial charge is 0.226 e. The Kier molecular flexibility index (Phi) is 4.45. The Morgan fingerprint density at radius 1 is 1.33 bits per heavy atom. The van der Waals surface area contributed by atoms with E-state index in [4.69, 9.17) is 9.47 Å². The minimum absolute atomic E-state index is 0.102. The minimum atomic E-state index is -0.149. The molecule has 0 radical (unpaired) electrons. The van der Waals surface area contributed by atoms with Crippen molar-refractivity contribution in [1.82, 2.24) is 14.9 Å². The lowest BCUT2D eigenvalue weighted by Crippen LogP contribution is -2.46. The summed E-state index contributed by atoms with van der Waals surface area (Å²) in [7, 11) is 0. The van der Waals surface area contributed by atoms with Gasteiger partial charge in [0.2, 0.25) is 5.91 Å². The fourth-order valence-electron chi connectivity index (χ4n) is 2.88. The number of morpholine rings is 1. The standard InChI is InChI=1S/C15H21N3O3/c1-11-16-5-2-13(17-11)14-10-18(6-9-21-14)15(19)12-3-7-20-8-4-12/h2,5,12,14H,3-4,6-10H2,1H3/t14-/m1/s1. The van der Waals surface area contributed by atoms with Crippen molar-refractivity contribution in [2.24, 2.45) is 5.92 Å². The van der Waals surface area contributed by atoms with Crippen LogP contribution in [-0.4, -0.2) is 53.7 Å². The Morgan fingerprint density at radius 3 is 2.90 bits per heavy atom. The maximum Gasteiger partial charge on any atom is 0.226 e. The average molecular weight is 291 g/mol. The highest BCUT2D eigenvalue weighted by atomic mass is 16.5. The number of hydrogen-bond donors (Lipinski definition) is 0. The molecular weight excluding hydrogens is 270 g/mol. The summed E-state index contributed by atoms with van der Waals surface area (Å²) in [5.41, 5.74) is 0.854. The highest BCUT2D eigenvalue weighted by Crippen LogP contribution is 2.24. The van der Waals surface area contributed by atoms with Crippen molar-refractivity contribution in [3.63, 3.8) is 0 Å². The highest BCUT2D eigenvalue weighted by Gasteiger charge is 2.31. The lowest BCUT2D eigenvalue weighted by Gasteiger charge is -2.35. The average Bonchev–Trinajstić information content (AvgIpc) is 2.55. The number of rotatable bonds is 2. The first-order chi connectivity index (χ1) is 10.2. The normalized spacial score (nSPS) is 24.0. The molecule has 0 saturated carbocycles. The van der Waals surface area contributed by atoms with Crippen LogP contribution in [0.1, 0.15) is 30.5 Å². The monoisotopic (exact) mass is 291 g/mol. The first kappa shape index (κ1) is 14.4. The predicted molar refractivity (Wildman–Crippen MR) is 75.6 cm³/mol. The van der Waals surface area contributed by atoms with E-state index in [-0.39, 0.29) is 17.9 Å². The number of nitrogens with zero attached hydrogens (tertiary/aromatic N) is 3. The molecule has 21 heavy (non-hydrogen) atoms. The SMILES string of the molecule is Cc1nccc([C@H]2CN(C(=O)C3CCOCC3)CCO2)n1. The first-order valence-electron chi connectivity index (χ1n) is 7.52. The molecule has 114 valence electrons. The third kappa shape index (κ3) is 3.39. The Labute approximate surface area is 124 Å². The van der Waals surface area contributed by atoms with Gasteiger partial charge < -0.3 is 14.4 Å². The number of aromatic nitrogens is 2. The Bertz CT molecular complexity index is 503. The van der Waals surface area contributed by atoms with Crippen LogP contribution in [-0.2, 0) is 14.3 Å². The quantitative estimate of drug-likeness (QED) is 0.817. The highest BCUT2D eigenvalue weighted by molar-refractivity contribution is 5.79. The van der Waals surface area contributed by atoms with E-state index in [0.29, 0.717) is 32.9 Å². The van der Waals surface area contributed by atoms with Crippen LogP contribution in [0.25, 0.3) is 0 Å². The fraction of sp³-hybridized carbons (Fsp3) is 0.667. The summed E-state index contributed by atoms with van der Waals surface area (Å²) in [4.78, 5) is 23.0. The van der Waals surface area contributed by atoms with Gasteiger partial charge >= 0.3 is 0 Å². The maximum absolute atomic E-state index is 12.6. The molecule has 0 N–H and O–H groups in total. The molecule has 6 heteroatoms. The number of carbonyl (C=O) groups excluding carboxylic acids is 1. The molecular formula is C15H21N3O3. The number of amides is 1. The zero-order chi connectivity index (χ0) is 14.7. The molecule has 1 aromatic heterocycles. The molecule has 2 aliphatic heterocycles. The summed E-state index contributed by atoms with van der Waals surface area (Å²) in [6.07, 6.45) is 3.24. The first-order valence-corrected chi connectivity index (χ1v) is 7.52. The predicted octanol–water partition coefficient (Wildman–Crippen LogP) is 1.11. The molecule has 0 aromatic carbocycles. The van der Waals surface area contributed by atoms with Crippen LogP contribution in [0, 0.1) is 12.8 Å². The summed E-state index contributed by atoms with van der Waals surface area (Å²) >= 11 is 0. The second kappa shape index (κ2) is 6.49. The van der Waals surface area contributed by atoms with Gasteiger partial charge in [0.05, 0.1) is 18.8 Å². The van der Waals surface area contributed by atoms with Crippen molar-refractivity contribution in [3.05, 3.63) is 23.8 Å². The summed E-state index contributed by atoms with van der Waals surface area (Å²) in [5.74, 6) is 1.06. The van der Waals surface area contributed by atoms with Crippen LogP contribution >= 0.6 is 0 Å². The number of hydrogen-bond acceptors (Lipinski definition) is 5. The van der Waals surface area contributed by atoms with Gasteiger partial charge in [0, 0.05) is 31.9 Å². The lowest BCUT2D eigenvalue weighted by atomic mass is 9.98. The van der Waals surface area contributed by atoms with Crippen LogP contribution in [0.2, 0.25) is 0 Å². The van der Waals surface area contributed by atoms with Gasteiger partial charge in [-0.1, -0.05) is 0 Å². The van der Waals surface area contributed by atoms with Crippen molar-refractivity contribution in [2.75, 3.05) is 32.9 Å². The van der Waals surface area contributed by atoms with Crippen LogP contribution < -0.4 is 0 Å². The molecule has 1 atom stereocenters. The van der Waals surface area contributed by atoms with Gasteiger partial charge in [0.1, 0.15) is 11.9 Å². The van der Waals surface area contributed by atoms with E-state index in [1.807, 2.05) is 17.9 Å². The van der Waals surface area contributed by atoms with E-state index in [1.54, 1.807) is 6.20 Å². The minimum Gasteiger partial charge on any atom is -0.381 e. The van der Waals surface area contributed by atoms with E-state index in [0.717, 1.165) is 24.4 Å². The second-order valence-corrected chi connectivity index (χ2v) is 5.56. The third-order valence-electron chi connectivity index (χ3n) is 4.08. The number of carbonyl (C=O) groups is 1. The molecule has 1 aromatic rings. The fourth-order valence-corrected chi connectivity index (χ4v) is 2.88. The van der Waals surface area contributed by atoms with E-state index < -0.39 is 0 Å². The van der Waals surface area contributed by atoms with Gasteiger partial charge in [-0.15, -0.1) is 0 Å². The molecule has 0 aliphatic carbocycles. The molecule has 2 saturated heterocycles. The van der Waals surface area contributed by atoms with Crippen molar-refractivity contribution >= 4 is 5.91 Å². The zero-order valence-corrected chi connectivity index (χ0v) is 12.3. The summed E-state index contributed by atoms with van der Waals surface area (Å²) in [5, 5.41) is 0. The van der Waals surface area contributed by atoms with E-state index >= 15 is 0 Å². The third-order valence-corrected chi connectivity index (χ3v) is 4.08. The number of aryl methyl sites for hydroxylation is 1. The summed E-state index contributed by atoms with van der Waals surface area (Å²) in [6.45, 7) is 5.04. The van der Waals surface area contributed by atoms with Gasteiger partial charge in [-0.2, -0.15) is 0 Å². The Morgan fingerprint density at radius 2 is 2.14 bits per heavy atom. The summed E-state index contributed by atoms with van der Waals surface area (Å²) in [6, 6.07) is 1.86. The molecule has 2 fully saturated rings.